The molecule has 1 aliphatic carbocycles. The van der Waals surface area contributed by atoms with E-state index in [-0.39, 0.29) is 11.4 Å². The van der Waals surface area contributed by atoms with Gasteiger partial charge in [0, 0.05) is 18.6 Å². The highest BCUT2D eigenvalue weighted by molar-refractivity contribution is 6.10. The lowest BCUT2D eigenvalue weighted by Gasteiger charge is -2.17. The number of aromatic nitrogens is 2. The first-order valence-corrected chi connectivity index (χ1v) is 7.96. The summed E-state index contributed by atoms with van der Waals surface area (Å²) in [5.41, 5.74) is 0.963. The van der Waals surface area contributed by atoms with Crippen LogP contribution in [0.3, 0.4) is 0 Å². The summed E-state index contributed by atoms with van der Waals surface area (Å²) in [5.74, 6) is 1.06. The van der Waals surface area contributed by atoms with E-state index in [0.29, 0.717) is 47.8 Å². The van der Waals surface area contributed by atoms with Crippen molar-refractivity contribution in [3.8, 4) is 0 Å². The van der Waals surface area contributed by atoms with E-state index in [4.69, 9.17) is 4.42 Å². The Morgan fingerprint density at radius 3 is 2.91 bits per heavy atom. The summed E-state index contributed by atoms with van der Waals surface area (Å²) < 4.78 is 5.68. The zero-order valence-electron chi connectivity index (χ0n) is 13.3. The van der Waals surface area contributed by atoms with E-state index >= 15 is 0 Å². The number of aliphatic hydroxyl groups is 1. The van der Waals surface area contributed by atoms with Gasteiger partial charge in [0.1, 0.15) is 17.9 Å². The highest BCUT2D eigenvalue weighted by atomic mass is 16.3. The summed E-state index contributed by atoms with van der Waals surface area (Å²) in [6.45, 7) is 4.82. The van der Waals surface area contributed by atoms with Crippen LogP contribution < -0.4 is 5.32 Å². The van der Waals surface area contributed by atoms with Gasteiger partial charge in [-0.1, -0.05) is 0 Å². The molecule has 7 nitrogen and oxygen atoms in total. The third-order valence-electron chi connectivity index (χ3n) is 4.75. The number of hydrogen-bond donors (Lipinski definition) is 2. The summed E-state index contributed by atoms with van der Waals surface area (Å²) >= 11 is 0. The Balaban J connectivity index is 1.78. The molecule has 1 saturated heterocycles. The quantitative estimate of drug-likeness (QED) is 0.895. The smallest absolute Gasteiger partial charge is 0.258 e. The number of nitrogens with one attached hydrogen (secondary N) is 1. The minimum atomic E-state index is -0.448. The Labute approximate surface area is 133 Å². The summed E-state index contributed by atoms with van der Waals surface area (Å²) in [6.07, 6.45) is 3.78. The van der Waals surface area contributed by atoms with Gasteiger partial charge in [0.2, 0.25) is 5.71 Å². The Kier molecular flexibility index (Phi) is 3.09. The van der Waals surface area contributed by atoms with Crippen LogP contribution in [0.5, 0.6) is 0 Å². The molecular weight excluding hydrogens is 296 g/mol. The third-order valence-corrected chi connectivity index (χ3v) is 4.75. The standard InChI is InChI=1S/C16H20N4O3/c1-9-11(15(22)20-6-3-10(21)7-20)12-13(19-16(2)4-5-16)17-8-18-14(12)23-9/h8,10,21H,3-7H2,1-2H3,(H,17,18,19). The number of nitrogens with zero attached hydrogens (tertiary/aromatic N) is 3. The van der Waals surface area contributed by atoms with Gasteiger partial charge >= 0.3 is 0 Å². The molecule has 0 spiro atoms. The molecule has 0 aromatic carbocycles. The average molecular weight is 316 g/mol. The van der Waals surface area contributed by atoms with Crippen molar-refractivity contribution in [1.29, 1.82) is 0 Å². The van der Waals surface area contributed by atoms with Crippen LogP contribution >= 0.6 is 0 Å². The highest BCUT2D eigenvalue weighted by Crippen LogP contribution is 2.40. The third kappa shape index (κ3) is 2.45. The molecule has 2 aliphatic rings. The molecule has 0 radical (unpaired) electrons. The lowest BCUT2D eigenvalue weighted by atomic mass is 10.1. The molecule has 3 heterocycles. The second-order valence-corrected chi connectivity index (χ2v) is 6.82. The lowest BCUT2D eigenvalue weighted by Crippen LogP contribution is -2.30. The fraction of sp³-hybridized carbons (Fsp3) is 0.562. The molecule has 0 bridgehead atoms. The van der Waals surface area contributed by atoms with E-state index < -0.39 is 6.10 Å². The van der Waals surface area contributed by atoms with Crippen molar-refractivity contribution in [2.45, 2.75) is 44.8 Å². The number of carbonyl (C=O) groups excluding carboxylic acids is 1. The fourth-order valence-corrected chi connectivity index (χ4v) is 3.08. The maximum atomic E-state index is 12.9. The summed E-state index contributed by atoms with van der Waals surface area (Å²) in [6, 6.07) is 0. The van der Waals surface area contributed by atoms with E-state index in [2.05, 4.69) is 22.2 Å². The van der Waals surface area contributed by atoms with Gasteiger partial charge in [-0.25, -0.2) is 9.97 Å². The molecule has 4 rings (SSSR count). The monoisotopic (exact) mass is 316 g/mol. The molecular formula is C16H20N4O3. The van der Waals surface area contributed by atoms with Crippen molar-refractivity contribution < 1.29 is 14.3 Å². The summed E-state index contributed by atoms with van der Waals surface area (Å²) in [5, 5.41) is 13.7. The van der Waals surface area contributed by atoms with Crippen LogP contribution in [0, 0.1) is 6.92 Å². The van der Waals surface area contributed by atoms with Crippen molar-refractivity contribution >= 4 is 22.8 Å². The van der Waals surface area contributed by atoms with Crippen molar-refractivity contribution in [3.63, 3.8) is 0 Å². The maximum Gasteiger partial charge on any atom is 0.258 e. The zero-order valence-corrected chi connectivity index (χ0v) is 13.3. The van der Waals surface area contributed by atoms with E-state index in [1.54, 1.807) is 11.8 Å². The number of carbonyl (C=O) groups is 1. The summed E-state index contributed by atoms with van der Waals surface area (Å²) in [4.78, 5) is 23.0. The van der Waals surface area contributed by atoms with Crippen molar-refractivity contribution in [2.24, 2.45) is 0 Å². The van der Waals surface area contributed by atoms with E-state index in [0.717, 1.165) is 12.8 Å². The van der Waals surface area contributed by atoms with Crippen LogP contribution in [0.4, 0.5) is 5.82 Å². The highest BCUT2D eigenvalue weighted by Gasteiger charge is 2.39. The van der Waals surface area contributed by atoms with Gasteiger partial charge < -0.3 is 19.7 Å². The minimum absolute atomic E-state index is 0.0383. The van der Waals surface area contributed by atoms with Crippen molar-refractivity contribution in [3.05, 3.63) is 17.7 Å². The van der Waals surface area contributed by atoms with Gasteiger partial charge in [0.15, 0.2) is 0 Å². The Morgan fingerprint density at radius 2 is 2.26 bits per heavy atom. The minimum Gasteiger partial charge on any atom is -0.442 e. The number of likely N-dealkylation sites (tertiary alicyclic amines) is 1. The molecule has 1 atom stereocenters. The van der Waals surface area contributed by atoms with Gasteiger partial charge in [0.25, 0.3) is 5.91 Å². The number of anilines is 1. The molecule has 1 saturated carbocycles. The molecule has 1 aliphatic heterocycles. The van der Waals surface area contributed by atoms with Crippen LogP contribution in [-0.4, -0.2) is 50.6 Å². The molecule has 1 unspecified atom stereocenters. The van der Waals surface area contributed by atoms with Gasteiger partial charge in [-0.05, 0) is 33.1 Å². The Morgan fingerprint density at radius 1 is 1.48 bits per heavy atom. The lowest BCUT2D eigenvalue weighted by molar-refractivity contribution is 0.0765. The zero-order chi connectivity index (χ0) is 16.2. The predicted octanol–water partition coefficient (Wildman–Crippen LogP) is 1.70. The second-order valence-electron chi connectivity index (χ2n) is 6.82. The predicted molar refractivity (Wildman–Crippen MR) is 84.3 cm³/mol. The fourth-order valence-electron chi connectivity index (χ4n) is 3.08. The number of amides is 1. The first-order valence-electron chi connectivity index (χ1n) is 7.96. The molecule has 2 N–H and O–H groups in total. The Bertz CT molecular complexity index is 781. The largest absolute Gasteiger partial charge is 0.442 e. The second kappa shape index (κ2) is 4.92. The normalized spacial score (nSPS) is 22.6. The molecule has 2 aromatic heterocycles. The van der Waals surface area contributed by atoms with Crippen LogP contribution in [0.2, 0.25) is 0 Å². The molecule has 23 heavy (non-hydrogen) atoms. The van der Waals surface area contributed by atoms with Crippen LogP contribution in [0.25, 0.3) is 11.1 Å². The van der Waals surface area contributed by atoms with E-state index in [9.17, 15) is 9.90 Å². The Hall–Kier alpha value is -2.15. The first kappa shape index (κ1) is 14.4. The number of aliphatic hydroxyl groups excluding tert-OH is 1. The summed E-state index contributed by atoms with van der Waals surface area (Å²) in [7, 11) is 0. The van der Waals surface area contributed by atoms with Crippen molar-refractivity contribution in [2.75, 3.05) is 18.4 Å². The SMILES string of the molecule is Cc1oc2ncnc(NC3(C)CC3)c2c1C(=O)N1CCC(O)C1. The maximum absolute atomic E-state index is 12.9. The number of rotatable bonds is 3. The molecule has 122 valence electrons. The number of fused-ring (bicyclic) bond motifs is 1. The van der Waals surface area contributed by atoms with E-state index in [1.165, 1.54) is 6.33 Å². The molecule has 7 heteroatoms. The van der Waals surface area contributed by atoms with Gasteiger partial charge in [-0.2, -0.15) is 0 Å². The molecule has 1 amide bonds. The molecule has 2 fully saturated rings. The van der Waals surface area contributed by atoms with Gasteiger partial charge in [-0.15, -0.1) is 0 Å². The number of β-amino-alcohol motifs (C(OH)–C–C–N with tert-alkyl or cyclic N) is 1. The van der Waals surface area contributed by atoms with Gasteiger partial charge in [0.05, 0.1) is 17.1 Å². The van der Waals surface area contributed by atoms with Crippen LogP contribution in [0.1, 0.15) is 42.3 Å². The van der Waals surface area contributed by atoms with Crippen LogP contribution in [-0.2, 0) is 0 Å². The van der Waals surface area contributed by atoms with Crippen molar-refractivity contribution in [1.82, 2.24) is 14.9 Å². The number of hydrogen-bond acceptors (Lipinski definition) is 6. The average Bonchev–Trinajstić information content (AvgIpc) is 2.93. The van der Waals surface area contributed by atoms with Gasteiger partial charge in [-0.3, -0.25) is 4.79 Å². The molecule has 2 aromatic rings. The number of aryl methyl sites for hydroxylation is 1. The first-order chi connectivity index (χ1) is 11.0. The van der Waals surface area contributed by atoms with E-state index in [1.807, 2.05) is 0 Å². The van der Waals surface area contributed by atoms with Crippen LogP contribution in [0.15, 0.2) is 10.7 Å². The topological polar surface area (TPSA) is 91.5 Å². The number of furan rings is 1.